The molecule has 0 rings (SSSR count). The Kier molecular flexibility index (Phi) is 57.7. The van der Waals surface area contributed by atoms with Crippen LogP contribution in [0.3, 0.4) is 0 Å². The molecule has 0 bridgehead atoms. The maximum absolute atomic E-state index is 12.8. The Morgan fingerprint density at radius 2 is 0.535 bits per heavy atom. The number of rotatable bonds is 57. The Hall–Kier alpha value is -2.63. The molecule has 0 aliphatic heterocycles. The molecule has 0 saturated carbocycles. The third-order valence-corrected chi connectivity index (χ3v) is 13.8. The highest BCUT2D eigenvalue weighted by atomic mass is 16.6. The number of ether oxygens (including phenoxy) is 3. The fourth-order valence-electron chi connectivity index (χ4n) is 9.10. The van der Waals surface area contributed by atoms with Crippen molar-refractivity contribution >= 4 is 17.9 Å². The van der Waals surface area contributed by atoms with Crippen LogP contribution in [0.15, 0.2) is 48.6 Å². The Morgan fingerprint density at radius 3 is 0.859 bits per heavy atom. The number of hydrogen-bond acceptors (Lipinski definition) is 6. The standard InChI is InChI=1S/C65H118O6/c1-4-7-10-13-16-19-22-24-26-27-28-29-30-31-32-33-34-35-36-37-38-39-40-42-43-46-49-52-55-58-64(67)70-61-62(60-69-63(66)57-54-51-48-45-21-18-15-12-9-6-3)71-65(68)59-56-53-50-47-44-41-25-23-20-17-14-11-8-5-2/h12,15,22,24,27-28,30-31,62H,4-11,13-14,16-21,23,25-26,29,32-61H2,1-3H3/b15-12-,24-22-,28-27-,31-30-. The summed E-state index contributed by atoms with van der Waals surface area (Å²) in [7, 11) is 0. The molecule has 0 spiro atoms. The van der Waals surface area contributed by atoms with Gasteiger partial charge in [0.15, 0.2) is 6.10 Å². The molecule has 0 radical (unpaired) electrons. The maximum atomic E-state index is 12.8. The number of unbranched alkanes of at least 4 members (excludes halogenated alkanes) is 38. The molecular weight excluding hydrogens is 877 g/mol. The van der Waals surface area contributed by atoms with Crippen LogP contribution in [0.1, 0.15) is 329 Å². The Morgan fingerprint density at radius 1 is 0.282 bits per heavy atom. The van der Waals surface area contributed by atoms with Crippen LogP contribution in [0.2, 0.25) is 0 Å². The van der Waals surface area contributed by atoms with E-state index in [4.69, 9.17) is 14.2 Å². The largest absolute Gasteiger partial charge is 0.462 e. The first-order valence-electron chi connectivity index (χ1n) is 31.1. The van der Waals surface area contributed by atoms with Gasteiger partial charge in [0.2, 0.25) is 0 Å². The summed E-state index contributed by atoms with van der Waals surface area (Å²) in [6.07, 6.45) is 74.2. The second kappa shape index (κ2) is 59.9. The number of carbonyl (C=O) groups is 3. The molecule has 1 atom stereocenters. The fourth-order valence-corrected chi connectivity index (χ4v) is 9.10. The van der Waals surface area contributed by atoms with Crippen LogP contribution >= 0.6 is 0 Å². The first kappa shape index (κ1) is 68.4. The molecular formula is C65H118O6. The van der Waals surface area contributed by atoms with Crippen molar-refractivity contribution in [1.29, 1.82) is 0 Å². The van der Waals surface area contributed by atoms with Crippen LogP contribution in [-0.4, -0.2) is 37.2 Å². The van der Waals surface area contributed by atoms with E-state index in [1.807, 2.05) is 0 Å². The summed E-state index contributed by atoms with van der Waals surface area (Å²) in [5, 5.41) is 0. The quantitative estimate of drug-likeness (QED) is 0.0261. The summed E-state index contributed by atoms with van der Waals surface area (Å²) >= 11 is 0. The smallest absolute Gasteiger partial charge is 0.306 e. The Labute approximate surface area is 441 Å². The van der Waals surface area contributed by atoms with Gasteiger partial charge in [-0.1, -0.05) is 281 Å². The zero-order chi connectivity index (χ0) is 51.4. The van der Waals surface area contributed by atoms with E-state index in [9.17, 15) is 14.4 Å². The van der Waals surface area contributed by atoms with E-state index in [0.717, 1.165) is 83.5 Å². The van der Waals surface area contributed by atoms with Gasteiger partial charge in [-0.25, -0.2) is 0 Å². The molecule has 71 heavy (non-hydrogen) atoms. The molecule has 0 aliphatic carbocycles. The molecule has 0 heterocycles. The molecule has 0 aromatic carbocycles. The van der Waals surface area contributed by atoms with Crippen molar-refractivity contribution in [3.8, 4) is 0 Å². The van der Waals surface area contributed by atoms with Gasteiger partial charge in [0.1, 0.15) is 13.2 Å². The summed E-state index contributed by atoms with van der Waals surface area (Å²) in [6, 6.07) is 0. The lowest BCUT2D eigenvalue weighted by molar-refractivity contribution is -0.167. The fraction of sp³-hybridized carbons (Fsp3) is 0.831. The highest BCUT2D eigenvalue weighted by molar-refractivity contribution is 5.71. The summed E-state index contributed by atoms with van der Waals surface area (Å²) in [6.45, 7) is 6.60. The van der Waals surface area contributed by atoms with Crippen LogP contribution in [0.25, 0.3) is 0 Å². The van der Waals surface area contributed by atoms with Gasteiger partial charge >= 0.3 is 17.9 Å². The molecule has 0 aliphatic rings. The van der Waals surface area contributed by atoms with Gasteiger partial charge in [-0.05, 0) is 77.0 Å². The van der Waals surface area contributed by atoms with Crippen LogP contribution in [0.4, 0.5) is 0 Å². The third kappa shape index (κ3) is 58.1. The monoisotopic (exact) mass is 995 g/mol. The average molecular weight is 996 g/mol. The zero-order valence-electron chi connectivity index (χ0n) is 47.5. The lowest BCUT2D eigenvalue weighted by Gasteiger charge is -2.18. The van der Waals surface area contributed by atoms with Crippen molar-refractivity contribution < 1.29 is 28.6 Å². The van der Waals surface area contributed by atoms with Crippen molar-refractivity contribution in [3.63, 3.8) is 0 Å². The molecule has 6 heteroatoms. The lowest BCUT2D eigenvalue weighted by Crippen LogP contribution is -2.30. The van der Waals surface area contributed by atoms with E-state index >= 15 is 0 Å². The predicted molar refractivity (Wildman–Crippen MR) is 307 cm³/mol. The predicted octanol–water partition coefficient (Wildman–Crippen LogP) is 21.0. The second-order valence-corrected chi connectivity index (χ2v) is 21.0. The van der Waals surface area contributed by atoms with E-state index in [-0.39, 0.29) is 31.1 Å². The Balaban J connectivity index is 4.12. The molecule has 0 amide bonds. The average Bonchev–Trinajstić information content (AvgIpc) is 3.37. The molecule has 0 aromatic heterocycles. The second-order valence-electron chi connectivity index (χ2n) is 21.0. The molecule has 0 fully saturated rings. The van der Waals surface area contributed by atoms with Gasteiger partial charge in [0.05, 0.1) is 0 Å². The topological polar surface area (TPSA) is 78.9 Å². The Bertz CT molecular complexity index is 1230. The normalized spacial score (nSPS) is 12.3. The highest BCUT2D eigenvalue weighted by Crippen LogP contribution is 2.17. The van der Waals surface area contributed by atoms with Gasteiger partial charge in [-0.3, -0.25) is 14.4 Å². The number of esters is 3. The molecule has 414 valence electrons. The molecule has 0 N–H and O–H groups in total. The summed E-state index contributed by atoms with van der Waals surface area (Å²) < 4.78 is 16.9. The van der Waals surface area contributed by atoms with Gasteiger partial charge in [-0.2, -0.15) is 0 Å². The molecule has 6 nitrogen and oxygen atoms in total. The SMILES string of the molecule is CCC/C=C\CCCCCCCC(=O)OCC(COC(=O)CCCCCCCCCCCCCCCC/C=C\C/C=C\C/C=C\CCCCCCC)OC(=O)CCCCCCCCCCCCCCCC. The number of allylic oxidation sites excluding steroid dienone is 8. The van der Waals surface area contributed by atoms with Crippen LogP contribution < -0.4 is 0 Å². The summed E-state index contributed by atoms with van der Waals surface area (Å²) in [4.78, 5) is 38.1. The maximum Gasteiger partial charge on any atom is 0.306 e. The van der Waals surface area contributed by atoms with Gasteiger partial charge < -0.3 is 14.2 Å². The van der Waals surface area contributed by atoms with Gasteiger partial charge in [-0.15, -0.1) is 0 Å². The zero-order valence-corrected chi connectivity index (χ0v) is 47.5. The van der Waals surface area contributed by atoms with Crippen molar-refractivity contribution in [3.05, 3.63) is 48.6 Å². The van der Waals surface area contributed by atoms with Crippen LogP contribution in [0, 0.1) is 0 Å². The lowest BCUT2D eigenvalue weighted by atomic mass is 10.0. The molecule has 0 aromatic rings. The van der Waals surface area contributed by atoms with Gasteiger partial charge in [0, 0.05) is 19.3 Å². The molecule has 0 saturated heterocycles. The highest BCUT2D eigenvalue weighted by Gasteiger charge is 2.19. The van der Waals surface area contributed by atoms with Crippen molar-refractivity contribution in [2.24, 2.45) is 0 Å². The minimum atomic E-state index is -0.772. The number of carbonyl (C=O) groups excluding carboxylic acids is 3. The van der Waals surface area contributed by atoms with E-state index in [1.165, 1.54) is 205 Å². The minimum Gasteiger partial charge on any atom is -0.462 e. The summed E-state index contributed by atoms with van der Waals surface area (Å²) in [5.74, 6) is -0.867. The van der Waals surface area contributed by atoms with Crippen LogP contribution in [-0.2, 0) is 28.6 Å². The minimum absolute atomic E-state index is 0.0722. The van der Waals surface area contributed by atoms with E-state index in [2.05, 4.69) is 69.4 Å². The first-order valence-corrected chi connectivity index (χ1v) is 31.1. The van der Waals surface area contributed by atoms with E-state index in [1.54, 1.807) is 0 Å². The molecule has 1 unspecified atom stereocenters. The third-order valence-electron chi connectivity index (χ3n) is 13.8. The van der Waals surface area contributed by atoms with Crippen LogP contribution in [0.5, 0.6) is 0 Å². The van der Waals surface area contributed by atoms with Crippen molar-refractivity contribution in [1.82, 2.24) is 0 Å². The van der Waals surface area contributed by atoms with Gasteiger partial charge in [0.25, 0.3) is 0 Å². The first-order chi connectivity index (χ1) is 35.0. The van der Waals surface area contributed by atoms with Crippen molar-refractivity contribution in [2.45, 2.75) is 335 Å². The van der Waals surface area contributed by atoms with E-state index < -0.39 is 6.10 Å². The number of hydrogen-bond donors (Lipinski definition) is 0. The van der Waals surface area contributed by atoms with Crippen molar-refractivity contribution in [2.75, 3.05) is 13.2 Å². The summed E-state index contributed by atoms with van der Waals surface area (Å²) in [5.41, 5.74) is 0. The van der Waals surface area contributed by atoms with E-state index in [0.29, 0.717) is 19.3 Å².